The van der Waals surface area contributed by atoms with Gasteiger partial charge in [0.05, 0.1) is 6.07 Å². The zero-order valence-corrected chi connectivity index (χ0v) is 8.15. The van der Waals surface area contributed by atoms with Crippen LogP contribution < -0.4 is 5.32 Å². The second-order valence-corrected chi connectivity index (χ2v) is 4.04. The van der Waals surface area contributed by atoms with Gasteiger partial charge >= 0.3 is 0 Å². The minimum atomic E-state index is -0.112. The molecule has 6 heteroatoms. The minimum Gasteiger partial charge on any atom is -0.304 e. The fourth-order valence-electron chi connectivity index (χ4n) is 0.566. The van der Waals surface area contributed by atoms with Crippen LogP contribution in [0.5, 0.6) is 0 Å². The minimum absolute atomic E-state index is 0.112. The summed E-state index contributed by atoms with van der Waals surface area (Å²) in [5.41, 5.74) is 0. The first-order valence-electron chi connectivity index (χ1n) is 3.33. The van der Waals surface area contributed by atoms with Crippen molar-refractivity contribution in [3.8, 4) is 6.07 Å². The van der Waals surface area contributed by atoms with Gasteiger partial charge in [0.25, 0.3) is 0 Å². The maximum Gasteiger partial charge on any atom is 0.169 e. The molecule has 0 spiro atoms. The Morgan fingerprint density at radius 2 is 2.75 bits per heavy atom. The smallest absolute Gasteiger partial charge is 0.169 e. The topological polar surface area (TPSA) is 61.6 Å². The van der Waals surface area contributed by atoms with Crippen LogP contribution in [0.2, 0.25) is 0 Å². The van der Waals surface area contributed by atoms with Gasteiger partial charge in [-0.2, -0.15) is 9.64 Å². The molecule has 0 radical (unpaired) electrons. The van der Waals surface area contributed by atoms with E-state index >= 15 is 0 Å². The number of thioether (sulfide) groups is 1. The normalized spacial score (nSPS) is 12.3. The lowest BCUT2D eigenvalue weighted by molar-refractivity contribution is 0.750. The van der Waals surface area contributed by atoms with Gasteiger partial charge in [0.15, 0.2) is 4.34 Å². The van der Waals surface area contributed by atoms with Gasteiger partial charge in [-0.1, -0.05) is 11.8 Å². The maximum absolute atomic E-state index is 8.60. The van der Waals surface area contributed by atoms with Crippen molar-refractivity contribution >= 4 is 23.3 Å². The summed E-state index contributed by atoms with van der Waals surface area (Å²) in [6, 6.07) is 2.03. The molecule has 0 bridgehead atoms. The van der Waals surface area contributed by atoms with Crippen molar-refractivity contribution in [1.29, 1.82) is 5.26 Å². The van der Waals surface area contributed by atoms with Crippen molar-refractivity contribution in [1.82, 2.24) is 14.7 Å². The standard InChI is InChI=1S/C6H8N4S2/c1-8-5(2-7)3-11-6-9-4-10-12-6/h4-5,8H,3H2,1H3. The fourth-order valence-corrected chi connectivity index (χ4v) is 2.06. The molecule has 0 aliphatic rings. The van der Waals surface area contributed by atoms with E-state index < -0.39 is 0 Å². The van der Waals surface area contributed by atoms with Crippen molar-refractivity contribution in [3.05, 3.63) is 6.33 Å². The van der Waals surface area contributed by atoms with E-state index in [1.54, 1.807) is 18.8 Å². The highest BCUT2D eigenvalue weighted by atomic mass is 32.2. The summed E-state index contributed by atoms with van der Waals surface area (Å²) < 4.78 is 4.77. The molecule has 1 rings (SSSR count). The highest BCUT2D eigenvalue weighted by molar-refractivity contribution is 8.00. The summed E-state index contributed by atoms with van der Waals surface area (Å²) in [5.74, 6) is 0.711. The van der Waals surface area contributed by atoms with E-state index in [2.05, 4.69) is 20.7 Å². The van der Waals surface area contributed by atoms with E-state index in [9.17, 15) is 0 Å². The van der Waals surface area contributed by atoms with Gasteiger partial charge in [0, 0.05) is 5.75 Å². The molecule has 0 saturated heterocycles. The van der Waals surface area contributed by atoms with E-state index in [-0.39, 0.29) is 6.04 Å². The molecule has 0 aliphatic carbocycles. The maximum atomic E-state index is 8.60. The van der Waals surface area contributed by atoms with Gasteiger partial charge in [-0.15, -0.1) is 0 Å². The molecule has 64 valence electrons. The molecule has 1 aromatic rings. The summed E-state index contributed by atoms with van der Waals surface area (Å²) in [4.78, 5) is 3.99. The quantitative estimate of drug-likeness (QED) is 0.726. The zero-order valence-electron chi connectivity index (χ0n) is 6.52. The number of nitrogens with zero attached hydrogens (tertiary/aromatic N) is 3. The average Bonchev–Trinajstić information content (AvgIpc) is 2.59. The van der Waals surface area contributed by atoms with Crippen molar-refractivity contribution in [3.63, 3.8) is 0 Å². The molecule has 1 aromatic heterocycles. The Bertz CT molecular complexity index is 253. The van der Waals surface area contributed by atoms with Gasteiger partial charge < -0.3 is 5.32 Å². The molecule has 0 aliphatic heterocycles. The van der Waals surface area contributed by atoms with Crippen molar-refractivity contribution in [2.75, 3.05) is 12.8 Å². The first kappa shape index (κ1) is 9.45. The molecule has 0 amide bonds. The first-order chi connectivity index (χ1) is 5.86. The Labute approximate surface area is 79.2 Å². The van der Waals surface area contributed by atoms with Gasteiger partial charge in [0.1, 0.15) is 12.4 Å². The third-order valence-electron chi connectivity index (χ3n) is 1.22. The Morgan fingerprint density at radius 3 is 3.25 bits per heavy atom. The number of hydrogen-bond donors (Lipinski definition) is 1. The zero-order chi connectivity index (χ0) is 8.81. The highest BCUT2D eigenvalue weighted by Crippen LogP contribution is 2.18. The summed E-state index contributed by atoms with van der Waals surface area (Å²) in [6.07, 6.45) is 1.52. The van der Waals surface area contributed by atoms with Crippen LogP contribution >= 0.6 is 23.3 Å². The summed E-state index contributed by atoms with van der Waals surface area (Å²) in [6.45, 7) is 0. The lowest BCUT2D eigenvalue weighted by atomic mass is 10.4. The summed E-state index contributed by atoms with van der Waals surface area (Å²) in [7, 11) is 1.77. The van der Waals surface area contributed by atoms with Crippen LogP contribution in [0.1, 0.15) is 0 Å². The Morgan fingerprint density at radius 1 is 1.92 bits per heavy atom. The molecule has 12 heavy (non-hydrogen) atoms. The van der Waals surface area contributed by atoms with Gasteiger partial charge in [0.2, 0.25) is 0 Å². The number of nitrogens with one attached hydrogen (secondary N) is 1. The molecule has 1 N–H and O–H groups in total. The Kier molecular flexibility index (Phi) is 4.00. The van der Waals surface area contributed by atoms with E-state index in [4.69, 9.17) is 5.26 Å². The van der Waals surface area contributed by atoms with Crippen molar-refractivity contribution in [2.24, 2.45) is 0 Å². The van der Waals surface area contributed by atoms with Crippen LogP contribution in [0.15, 0.2) is 10.7 Å². The largest absolute Gasteiger partial charge is 0.304 e. The van der Waals surface area contributed by atoms with Crippen LogP contribution in [0, 0.1) is 11.3 Å². The SMILES string of the molecule is CNC(C#N)CSc1ncns1. The second kappa shape index (κ2) is 5.09. The number of rotatable bonds is 4. The third kappa shape index (κ3) is 2.77. The van der Waals surface area contributed by atoms with Crippen LogP contribution in [0.3, 0.4) is 0 Å². The van der Waals surface area contributed by atoms with Gasteiger partial charge in [-0.25, -0.2) is 4.98 Å². The lowest BCUT2D eigenvalue weighted by Gasteiger charge is -2.03. The lowest BCUT2D eigenvalue weighted by Crippen LogP contribution is -2.25. The molecule has 0 saturated carbocycles. The predicted octanol–water partition coefficient (Wildman–Crippen LogP) is 0.742. The van der Waals surface area contributed by atoms with Crippen LogP contribution in [-0.4, -0.2) is 28.2 Å². The van der Waals surface area contributed by atoms with Gasteiger partial charge in [-0.3, -0.25) is 0 Å². The van der Waals surface area contributed by atoms with E-state index in [1.807, 2.05) is 0 Å². The number of hydrogen-bond acceptors (Lipinski definition) is 6. The first-order valence-corrected chi connectivity index (χ1v) is 5.09. The van der Waals surface area contributed by atoms with E-state index in [0.29, 0.717) is 5.75 Å². The number of aromatic nitrogens is 2. The average molecular weight is 200 g/mol. The van der Waals surface area contributed by atoms with E-state index in [1.165, 1.54) is 17.9 Å². The second-order valence-electron chi connectivity index (χ2n) is 1.99. The molecule has 0 aromatic carbocycles. The summed E-state index contributed by atoms with van der Waals surface area (Å²) >= 11 is 2.89. The molecular formula is C6H8N4S2. The fraction of sp³-hybridized carbons (Fsp3) is 0.500. The number of nitriles is 1. The Balaban J connectivity index is 2.31. The van der Waals surface area contributed by atoms with Crippen LogP contribution in [-0.2, 0) is 0 Å². The molecular weight excluding hydrogens is 192 g/mol. The Hall–Kier alpha value is -0.640. The van der Waals surface area contributed by atoms with Crippen LogP contribution in [0.25, 0.3) is 0 Å². The molecule has 1 heterocycles. The molecule has 4 nitrogen and oxygen atoms in total. The molecule has 1 unspecified atom stereocenters. The highest BCUT2D eigenvalue weighted by Gasteiger charge is 2.05. The van der Waals surface area contributed by atoms with Crippen LogP contribution in [0.4, 0.5) is 0 Å². The monoisotopic (exact) mass is 200 g/mol. The third-order valence-corrected chi connectivity index (χ3v) is 3.11. The summed E-state index contributed by atoms with van der Waals surface area (Å²) in [5, 5.41) is 11.5. The van der Waals surface area contributed by atoms with Crippen molar-refractivity contribution in [2.45, 2.75) is 10.4 Å². The predicted molar refractivity (Wildman–Crippen MR) is 49.1 cm³/mol. The molecule has 1 atom stereocenters. The van der Waals surface area contributed by atoms with Crippen molar-refractivity contribution < 1.29 is 0 Å². The molecule has 0 fully saturated rings. The van der Waals surface area contributed by atoms with E-state index in [0.717, 1.165) is 4.34 Å². The van der Waals surface area contributed by atoms with Gasteiger partial charge in [-0.05, 0) is 18.6 Å².